The van der Waals surface area contributed by atoms with Crippen LogP contribution < -0.4 is 4.74 Å². The van der Waals surface area contributed by atoms with Crippen LogP contribution in [-0.2, 0) is 4.74 Å². The Morgan fingerprint density at radius 1 is 1.39 bits per heavy atom. The molecule has 0 unspecified atom stereocenters. The third-order valence-electron chi connectivity index (χ3n) is 2.36. The molecule has 6 heteroatoms. The van der Waals surface area contributed by atoms with Crippen LogP contribution in [0.5, 0.6) is 5.75 Å². The molecule has 94 valence electrons. The average molecular weight is 328 g/mol. The molecule has 18 heavy (non-hydrogen) atoms. The molecule has 0 aliphatic carbocycles. The second-order valence-corrected chi connectivity index (χ2v) is 5.08. The predicted octanol–water partition coefficient (Wildman–Crippen LogP) is 3.37. The molecule has 2 rings (SSSR count). The van der Waals surface area contributed by atoms with E-state index in [1.807, 2.05) is 18.2 Å². The van der Waals surface area contributed by atoms with Gasteiger partial charge < -0.3 is 9.47 Å². The molecule has 0 saturated heterocycles. The van der Waals surface area contributed by atoms with Crippen molar-refractivity contribution in [3.8, 4) is 16.2 Å². The number of carbonyl (C=O) groups excluding carboxylic acids is 1. The molecule has 1 aromatic heterocycles. The van der Waals surface area contributed by atoms with Crippen molar-refractivity contribution in [2.24, 2.45) is 0 Å². The highest BCUT2D eigenvalue weighted by molar-refractivity contribution is 9.10. The maximum Gasteiger partial charge on any atom is 0.358 e. The Kier molecular flexibility index (Phi) is 3.98. The summed E-state index contributed by atoms with van der Waals surface area (Å²) in [7, 11) is 2.94. The summed E-state index contributed by atoms with van der Waals surface area (Å²) in [4.78, 5) is 16.4. The summed E-state index contributed by atoms with van der Waals surface area (Å²) in [6.07, 6.45) is 0. The van der Waals surface area contributed by atoms with Gasteiger partial charge in [0.1, 0.15) is 5.75 Å². The lowest BCUT2D eigenvalue weighted by Crippen LogP contribution is -2.03. The number of hydrogen-bond donors (Lipinski definition) is 0. The maximum atomic E-state index is 11.6. The Bertz CT molecular complexity index is 582. The minimum absolute atomic E-state index is 0.316. The molecule has 1 aromatic carbocycles. The Hall–Kier alpha value is -1.40. The first kappa shape index (κ1) is 13.0. The van der Waals surface area contributed by atoms with Crippen molar-refractivity contribution in [2.75, 3.05) is 14.2 Å². The number of benzene rings is 1. The molecule has 0 spiro atoms. The van der Waals surface area contributed by atoms with Gasteiger partial charge in [-0.15, -0.1) is 11.3 Å². The van der Waals surface area contributed by atoms with Gasteiger partial charge in [-0.3, -0.25) is 0 Å². The smallest absolute Gasteiger partial charge is 0.358 e. The molecule has 0 bridgehead atoms. The van der Waals surface area contributed by atoms with Crippen LogP contribution in [-0.4, -0.2) is 25.2 Å². The summed E-state index contributed by atoms with van der Waals surface area (Å²) in [6, 6.07) is 5.56. The van der Waals surface area contributed by atoms with Crippen LogP contribution in [0.1, 0.15) is 10.5 Å². The normalized spacial score (nSPS) is 10.2. The number of ether oxygens (including phenoxy) is 2. The molecule has 0 aliphatic heterocycles. The van der Waals surface area contributed by atoms with Gasteiger partial charge in [0.05, 0.1) is 24.6 Å². The highest BCUT2D eigenvalue weighted by atomic mass is 79.9. The van der Waals surface area contributed by atoms with Crippen molar-refractivity contribution >= 4 is 33.2 Å². The summed E-state index contributed by atoms with van der Waals surface area (Å²) in [5.41, 5.74) is 2.79. The van der Waals surface area contributed by atoms with Gasteiger partial charge in [-0.1, -0.05) is 15.9 Å². The van der Waals surface area contributed by atoms with E-state index in [9.17, 15) is 4.79 Å². The Morgan fingerprint density at radius 2 is 2.17 bits per heavy atom. The fraction of sp³-hybridized carbons (Fsp3) is 0.167. The third-order valence-corrected chi connectivity index (χ3v) is 3.92. The van der Waals surface area contributed by atoms with Gasteiger partial charge in [-0.2, -0.15) is 0 Å². The van der Waals surface area contributed by atoms with E-state index in [0.717, 1.165) is 20.7 Å². The number of esters is 1. The Morgan fingerprint density at radius 3 is 2.83 bits per heavy atom. The lowest BCUT2D eigenvalue weighted by atomic mass is 10.1. The summed E-state index contributed by atoms with van der Waals surface area (Å²) in [5.74, 6) is 0.276. The number of halogens is 1. The van der Waals surface area contributed by atoms with E-state index in [0.29, 0.717) is 5.69 Å². The summed E-state index contributed by atoms with van der Waals surface area (Å²) >= 11 is 4.84. The summed E-state index contributed by atoms with van der Waals surface area (Å²) in [6.45, 7) is 0. The van der Waals surface area contributed by atoms with Gasteiger partial charge in [0.25, 0.3) is 0 Å². The van der Waals surface area contributed by atoms with Crippen LogP contribution in [0.4, 0.5) is 0 Å². The fourth-order valence-electron chi connectivity index (χ4n) is 1.48. The molecule has 0 fully saturated rings. The maximum absolute atomic E-state index is 11.6. The number of rotatable bonds is 3. The van der Waals surface area contributed by atoms with Crippen molar-refractivity contribution in [3.63, 3.8) is 0 Å². The molecular formula is C12H10BrNO3S. The van der Waals surface area contributed by atoms with Gasteiger partial charge in [0.15, 0.2) is 5.69 Å². The largest absolute Gasteiger partial charge is 0.497 e. The zero-order valence-corrected chi connectivity index (χ0v) is 12.2. The monoisotopic (exact) mass is 327 g/mol. The molecule has 0 atom stereocenters. The number of aromatic nitrogens is 1. The first-order valence-electron chi connectivity index (χ1n) is 5.03. The highest BCUT2D eigenvalue weighted by Crippen LogP contribution is 2.36. The van der Waals surface area contributed by atoms with E-state index < -0.39 is 5.97 Å². The quantitative estimate of drug-likeness (QED) is 0.811. The minimum atomic E-state index is -0.444. The number of nitrogens with zero attached hydrogens (tertiary/aromatic N) is 1. The summed E-state index contributed by atoms with van der Waals surface area (Å²) in [5, 5.41) is 0. The third kappa shape index (κ3) is 2.39. The second-order valence-electron chi connectivity index (χ2n) is 3.37. The second kappa shape index (κ2) is 5.49. The van der Waals surface area contributed by atoms with Crippen molar-refractivity contribution in [1.29, 1.82) is 0 Å². The number of methoxy groups -OCH3 is 2. The predicted molar refractivity (Wildman–Crippen MR) is 73.1 cm³/mol. The first-order chi connectivity index (χ1) is 8.67. The van der Waals surface area contributed by atoms with Crippen LogP contribution in [0.15, 0.2) is 28.2 Å². The van der Waals surface area contributed by atoms with Crippen LogP contribution in [0.25, 0.3) is 10.4 Å². The first-order valence-corrected chi connectivity index (χ1v) is 6.70. The van der Waals surface area contributed by atoms with Gasteiger partial charge in [0, 0.05) is 10.0 Å². The SMILES string of the molecule is COC(=O)c1ncsc1-c1cc(OC)ccc1Br. The molecule has 0 N–H and O–H groups in total. The molecule has 1 heterocycles. The van der Waals surface area contributed by atoms with Crippen LogP contribution in [0.2, 0.25) is 0 Å². The van der Waals surface area contributed by atoms with Gasteiger partial charge >= 0.3 is 5.97 Å². The lowest BCUT2D eigenvalue weighted by Gasteiger charge is -2.06. The molecule has 0 saturated carbocycles. The van der Waals surface area contributed by atoms with Crippen molar-refractivity contribution < 1.29 is 14.3 Å². The van der Waals surface area contributed by atoms with E-state index >= 15 is 0 Å². The van der Waals surface area contributed by atoms with Crippen molar-refractivity contribution in [3.05, 3.63) is 33.9 Å². The topological polar surface area (TPSA) is 48.4 Å². The zero-order chi connectivity index (χ0) is 13.1. The molecule has 0 aliphatic rings. The highest BCUT2D eigenvalue weighted by Gasteiger charge is 2.18. The molecule has 4 nitrogen and oxygen atoms in total. The van der Waals surface area contributed by atoms with E-state index in [1.54, 1.807) is 12.6 Å². The zero-order valence-electron chi connectivity index (χ0n) is 9.77. The van der Waals surface area contributed by atoms with Gasteiger partial charge in [0.2, 0.25) is 0 Å². The van der Waals surface area contributed by atoms with E-state index in [2.05, 4.69) is 20.9 Å². The Balaban J connectivity index is 2.55. The molecule has 0 radical (unpaired) electrons. The van der Waals surface area contributed by atoms with E-state index in [-0.39, 0.29) is 0 Å². The summed E-state index contributed by atoms with van der Waals surface area (Å²) < 4.78 is 10.8. The van der Waals surface area contributed by atoms with E-state index in [1.165, 1.54) is 18.4 Å². The lowest BCUT2D eigenvalue weighted by molar-refractivity contribution is 0.0596. The number of carbonyl (C=O) groups is 1. The standard InChI is InChI=1S/C12H10BrNO3S/c1-16-7-3-4-9(13)8(5-7)11-10(12(15)17-2)14-6-18-11/h3-6H,1-2H3. The fourth-order valence-corrected chi connectivity index (χ4v) is 2.87. The van der Waals surface area contributed by atoms with Crippen LogP contribution in [0.3, 0.4) is 0 Å². The van der Waals surface area contributed by atoms with Crippen LogP contribution in [0, 0.1) is 0 Å². The van der Waals surface area contributed by atoms with Crippen LogP contribution >= 0.6 is 27.3 Å². The number of hydrogen-bond acceptors (Lipinski definition) is 5. The van der Waals surface area contributed by atoms with E-state index in [4.69, 9.17) is 9.47 Å². The average Bonchev–Trinajstić information content (AvgIpc) is 2.87. The molecule has 2 aromatic rings. The minimum Gasteiger partial charge on any atom is -0.497 e. The van der Waals surface area contributed by atoms with Gasteiger partial charge in [-0.05, 0) is 18.2 Å². The molecule has 0 amide bonds. The van der Waals surface area contributed by atoms with Crippen molar-refractivity contribution in [2.45, 2.75) is 0 Å². The molecular weight excluding hydrogens is 318 g/mol. The Labute approximate surface area is 117 Å². The van der Waals surface area contributed by atoms with Gasteiger partial charge in [-0.25, -0.2) is 9.78 Å². The van der Waals surface area contributed by atoms with Crippen molar-refractivity contribution in [1.82, 2.24) is 4.98 Å². The number of thiazole rings is 1.